The van der Waals surface area contributed by atoms with Gasteiger partial charge in [-0.15, -0.1) is 0 Å². The summed E-state index contributed by atoms with van der Waals surface area (Å²) in [6.07, 6.45) is 36.6. The molecule has 0 aliphatic carbocycles. The van der Waals surface area contributed by atoms with Crippen LogP contribution in [0.25, 0.3) is 0 Å². The van der Waals surface area contributed by atoms with Gasteiger partial charge in [-0.05, 0) is 56.1 Å². The maximum absolute atomic E-state index is 9.79. The van der Waals surface area contributed by atoms with Gasteiger partial charge < -0.3 is 9.47 Å². The second kappa shape index (κ2) is 31.4. The highest BCUT2D eigenvalue weighted by atomic mass is 32.2. The number of ether oxygens (including phenoxy) is 2. The standard InChI is InChI=1S/C47H78N2O2S2/c1-6-10-14-18-22-26-30-40(31-27-23-19-15-11-7-2)37-50-43-34-39(5)44(46-45(43)52-47(53-46)42(35-48)36-49)51-38-41(32-28-24-20-16-12-8-3)33-29-25-21-17-13-9-4/h34,40-41H,6-33,37-38H2,1-5H3. The second-order valence-electron chi connectivity index (χ2n) is 15.8. The molecule has 53 heavy (non-hydrogen) atoms. The van der Waals surface area contributed by atoms with Crippen LogP contribution in [0, 0.1) is 41.4 Å². The number of hydrogen-bond donors (Lipinski definition) is 0. The van der Waals surface area contributed by atoms with Crippen molar-refractivity contribution in [1.82, 2.24) is 0 Å². The van der Waals surface area contributed by atoms with Crippen LogP contribution in [-0.4, -0.2) is 13.2 Å². The van der Waals surface area contributed by atoms with Crippen molar-refractivity contribution < 1.29 is 9.47 Å². The van der Waals surface area contributed by atoms with Gasteiger partial charge in [-0.2, -0.15) is 10.5 Å². The van der Waals surface area contributed by atoms with Crippen molar-refractivity contribution in [2.24, 2.45) is 11.8 Å². The summed E-state index contributed by atoms with van der Waals surface area (Å²) >= 11 is 3.06. The molecule has 0 spiro atoms. The minimum Gasteiger partial charge on any atom is -0.492 e. The van der Waals surface area contributed by atoms with Crippen LogP contribution in [0.1, 0.15) is 213 Å². The van der Waals surface area contributed by atoms with Crippen LogP contribution in [0.3, 0.4) is 0 Å². The number of aryl methyl sites for hydroxylation is 1. The van der Waals surface area contributed by atoms with Gasteiger partial charge in [0.1, 0.15) is 29.2 Å². The topological polar surface area (TPSA) is 66.0 Å². The summed E-state index contributed by atoms with van der Waals surface area (Å²) in [4.78, 5) is 2.05. The average molecular weight is 767 g/mol. The minimum absolute atomic E-state index is 0.179. The smallest absolute Gasteiger partial charge is 0.150 e. The summed E-state index contributed by atoms with van der Waals surface area (Å²) < 4.78 is 14.3. The summed E-state index contributed by atoms with van der Waals surface area (Å²) in [5.74, 6) is 2.90. The molecule has 0 radical (unpaired) electrons. The Hall–Kier alpha value is -1.76. The normalized spacial score (nSPS) is 12.4. The van der Waals surface area contributed by atoms with Crippen molar-refractivity contribution in [1.29, 1.82) is 10.5 Å². The highest BCUT2D eigenvalue weighted by Crippen LogP contribution is 2.59. The molecule has 1 heterocycles. The largest absolute Gasteiger partial charge is 0.492 e. The molecule has 0 fully saturated rings. The zero-order chi connectivity index (χ0) is 38.4. The molecular weight excluding hydrogens is 689 g/mol. The van der Waals surface area contributed by atoms with Crippen molar-refractivity contribution in [2.75, 3.05) is 13.2 Å². The third kappa shape index (κ3) is 20.1. The number of hydrogen-bond acceptors (Lipinski definition) is 6. The van der Waals surface area contributed by atoms with Crippen molar-refractivity contribution in [3.05, 3.63) is 21.4 Å². The number of benzene rings is 1. The van der Waals surface area contributed by atoms with Crippen LogP contribution in [-0.2, 0) is 0 Å². The maximum Gasteiger partial charge on any atom is 0.150 e. The molecule has 0 saturated carbocycles. The summed E-state index contributed by atoms with van der Waals surface area (Å²) in [6.45, 7) is 12.7. The van der Waals surface area contributed by atoms with E-state index in [1.165, 1.54) is 203 Å². The molecule has 1 aliphatic rings. The van der Waals surface area contributed by atoms with Gasteiger partial charge in [0.05, 0.1) is 27.2 Å². The van der Waals surface area contributed by atoms with Crippen molar-refractivity contribution in [3.63, 3.8) is 0 Å². The van der Waals surface area contributed by atoms with E-state index in [1.807, 2.05) is 0 Å². The van der Waals surface area contributed by atoms with E-state index in [0.717, 1.165) is 44.3 Å². The van der Waals surface area contributed by atoms with Crippen LogP contribution >= 0.6 is 23.5 Å². The summed E-state index contributed by atoms with van der Waals surface area (Å²) in [5, 5.41) is 19.6. The van der Waals surface area contributed by atoms with E-state index >= 15 is 0 Å². The molecule has 0 unspecified atom stereocenters. The van der Waals surface area contributed by atoms with Crippen LogP contribution in [0.5, 0.6) is 11.5 Å². The highest BCUT2D eigenvalue weighted by Gasteiger charge is 2.31. The van der Waals surface area contributed by atoms with Gasteiger partial charge >= 0.3 is 0 Å². The summed E-state index contributed by atoms with van der Waals surface area (Å²) in [6, 6.07) is 6.46. The van der Waals surface area contributed by atoms with Crippen molar-refractivity contribution >= 4 is 23.5 Å². The number of nitrogens with zero attached hydrogens (tertiary/aromatic N) is 2. The third-order valence-electron chi connectivity index (χ3n) is 11.0. The zero-order valence-electron chi connectivity index (χ0n) is 35.0. The molecule has 1 aromatic carbocycles. The Morgan fingerprint density at radius 1 is 0.528 bits per heavy atom. The van der Waals surface area contributed by atoms with Gasteiger partial charge in [-0.1, -0.05) is 205 Å². The number of unbranched alkanes of at least 4 members (excludes halogenated alkanes) is 20. The van der Waals surface area contributed by atoms with E-state index < -0.39 is 0 Å². The predicted octanol–water partition coefficient (Wildman–Crippen LogP) is 16.4. The Kier molecular flexibility index (Phi) is 28.1. The van der Waals surface area contributed by atoms with Crippen LogP contribution < -0.4 is 9.47 Å². The monoisotopic (exact) mass is 767 g/mol. The average Bonchev–Trinajstić information content (AvgIpc) is 3.60. The highest BCUT2D eigenvalue weighted by molar-refractivity contribution is 8.24. The first-order valence-corrected chi connectivity index (χ1v) is 24.0. The summed E-state index contributed by atoms with van der Waals surface area (Å²) in [7, 11) is 0. The van der Waals surface area contributed by atoms with Gasteiger partial charge in [0.2, 0.25) is 0 Å². The third-order valence-corrected chi connectivity index (χ3v) is 13.6. The van der Waals surface area contributed by atoms with Gasteiger partial charge in [0, 0.05) is 0 Å². The van der Waals surface area contributed by atoms with E-state index in [-0.39, 0.29) is 5.57 Å². The summed E-state index contributed by atoms with van der Waals surface area (Å²) in [5.41, 5.74) is 1.27. The number of nitriles is 2. The Labute approximate surface area is 336 Å². The molecule has 1 aliphatic heterocycles. The van der Waals surface area contributed by atoms with Gasteiger partial charge in [0.15, 0.2) is 0 Å². The molecule has 0 aromatic heterocycles. The fourth-order valence-corrected chi connectivity index (χ4v) is 10.1. The van der Waals surface area contributed by atoms with E-state index in [1.54, 1.807) is 0 Å². The molecular formula is C47H78N2O2S2. The molecule has 1 aromatic rings. The molecule has 0 bridgehead atoms. The number of allylic oxidation sites excluding steroid dienone is 1. The number of thioether (sulfide) groups is 2. The van der Waals surface area contributed by atoms with Crippen molar-refractivity contribution in [2.45, 2.75) is 224 Å². The second-order valence-corrected chi connectivity index (χ2v) is 18.1. The Morgan fingerprint density at radius 2 is 0.887 bits per heavy atom. The van der Waals surface area contributed by atoms with Crippen LogP contribution in [0.2, 0.25) is 0 Å². The quantitative estimate of drug-likeness (QED) is 0.0514. The predicted molar refractivity (Wildman–Crippen MR) is 231 cm³/mol. The lowest BCUT2D eigenvalue weighted by molar-refractivity contribution is 0.210. The molecule has 2 rings (SSSR count). The molecule has 0 atom stereocenters. The lowest BCUT2D eigenvalue weighted by atomic mass is 9.94. The SMILES string of the molecule is CCCCCCCCC(CCCCCCCC)COc1cc(C)c(OCC(CCCCCCCC)CCCCCCCC)c2c1SC(=C(C#N)C#N)S2. The lowest BCUT2D eigenvalue weighted by Crippen LogP contribution is -2.15. The first-order valence-electron chi connectivity index (χ1n) is 22.4. The molecule has 4 nitrogen and oxygen atoms in total. The van der Waals surface area contributed by atoms with Crippen LogP contribution in [0.4, 0.5) is 0 Å². The molecule has 300 valence electrons. The van der Waals surface area contributed by atoms with E-state index in [2.05, 4.69) is 52.8 Å². The Morgan fingerprint density at radius 3 is 1.28 bits per heavy atom. The van der Waals surface area contributed by atoms with E-state index in [0.29, 0.717) is 11.8 Å². The Bertz CT molecular complexity index is 1170. The lowest BCUT2D eigenvalue weighted by Gasteiger charge is -2.22. The van der Waals surface area contributed by atoms with Gasteiger partial charge in [-0.25, -0.2) is 0 Å². The van der Waals surface area contributed by atoms with E-state index in [9.17, 15) is 10.5 Å². The Balaban J connectivity index is 2.21. The minimum atomic E-state index is 0.179. The molecule has 0 saturated heterocycles. The molecule has 0 amide bonds. The van der Waals surface area contributed by atoms with Crippen molar-refractivity contribution in [3.8, 4) is 23.6 Å². The van der Waals surface area contributed by atoms with Gasteiger partial charge in [0.25, 0.3) is 0 Å². The maximum atomic E-state index is 9.79. The van der Waals surface area contributed by atoms with Gasteiger partial charge in [-0.3, -0.25) is 0 Å². The van der Waals surface area contributed by atoms with E-state index in [4.69, 9.17) is 9.47 Å². The fraction of sp³-hybridized carbons (Fsp3) is 0.787. The molecule has 0 N–H and O–H groups in total. The van der Waals surface area contributed by atoms with Crippen LogP contribution in [0.15, 0.2) is 25.7 Å². The first kappa shape index (κ1) is 47.4. The number of rotatable bonds is 34. The zero-order valence-corrected chi connectivity index (χ0v) is 36.6. The molecule has 6 heteroatoms. The first-order chi connectivity index (χ1) is 26.0. The fourth-order valence-electron chi connectivity index (χ4n) is 7.51. The number of fused-ring (bicyclic) bond motifs is 1.